The highest BCUT2D eigenvalue weighted by molar-refractivity contribution is 7.99. The topological polar surface area (TPSA) is 49.6 Å². The van der Waals surface area contributed by atoms with E-state index in [4.69, 9.17) is 9.97 Å². The molecule has 0 radical (unpaired) electrons. The minimum atomic E-state index is -0.588. The number of rotatable bonds is 4. The molecule has 0 bridgehead atoms. The summed E-state index contributed by atoms with van der Waals surface area (Å²) in [5, 5.41) is 12.1. The Morgan fingerprint density at radius 1 is 0.411 bits per heavy atom. The van der Waals surface area contributed by atoms with Crippen LogP contribution in [0.2, 0.25) is 0 Å². The van der Waals surface area contributed by atoms with Crippen LogP contribution in [0.4, 0.5) is 0 Å². The summed E-state index contributed by atoms with van der Waals surface area (Å²) < 4.78 is 0. The van der Waals surface area contributed by atoms with E-state index in [1.54, 1.807) is 0 Å². The molecule has 0 N–H and O–H groups in total. The number of nitrogens with zero attached hydrogens (tertiary/aromatic N) is 3. The molecule has 8 aromatic carbocycles. The molecule has 260 valence electrons. The van der Waals surface area contributed by atoms with Gasteiger partial charge < -0.3 is 0 Å². The van der Waals surface area contributed by atoms with Crippen molar-refractivity contribution in [3.63, 3.8) is 0 Å². The summed E-state index contributed by atoms with van der Waals surface area (Å²) in [6.45, 7) is 0. The van der Waals surface area contributed by atoms with Crippen molar-refractivity contribution in [2.24, 2.45) is 0 Å². The zero-order chi connectivity index (χ0) is 37.2. The van der Waals surface area contributed by atoms with Gasteiger partial charge in [-0.25, -0.2) is 9.97 Å². The molecule has 3 nitrogen and oxygen atoms in total. The summed E-state index contributed by atoms with van der Waals surface area (Å²) in [5.41, 5.74) is 14.8. The first-order valence-corrected chi connectivity index (χ1v) is 19.6. The number of hydrogen-bond donors (Lipinski definition) is 0. The zero-order valence-corrected chi connectivity index (χ0v) is 31.0. The molecule has 2 heterocycles. The Bertz CT molecular complexity index is 2970. The van der Waals surface area contributed by atoms with E-state index in [0.29, 0.717) is 11.4 Å². The lowest BCUT2D eigenvalue weighted by molar-refractivity contribution is 0.724. The highest BCUT2D eigenvalue weighted by Gasteiger charge is 2.51. The average Bonchev–Trinajstić information content (AvgIpc) is 3.57. The molecule has 1 aromatic heterocycles. The molecule has 1 aliphatic heterocycles. The van der Waals surface area contributed by atoms with Crippen LogP contribution in [0.1, 0.15) is 27.8 Å². The minimum absolute atomic E-state index is 0.588. The van der Waals surface area contributed by atoms with E-state index in [-0.39, 0.29) is 0 Å². The molecule has 0 fully saturated rings. The van der Waals surface area contributed by atoms with E-state index in [9.17, 15) is 5.26 Å². The Labute approximate surface area is 329 Å². The lowest BCUT2D eigenvalue weighted by atomic mass is 9.66. The fourth-order valence-electron chi connectivity index (χ4n) is 9.05. The second kappa shape index (κ2) is 12.8. The Morgan fingerprint density at radius 3 is 1.61 bits per heavy atom. The van der Waals surface area contributed by atoms with Crippen LogP contribution in [0.25, 0.3) is 66.9 Å². The zero-order valence-electron chi connectivity index (χ0n) is 30.1. The first kappa shape index (κ1) is 32.4. The number of fused-ring (bicyclic) bond motifs is 10. The maximum Gasteiger partial charge on any atom is 0.160 e. The molecule has 9 aromatic rings. The van der Waals surface area contributed by atoms with Crippen molar-refractivity contribution in [3.05, 3.63) is 216 Å². The van der Waals surface area contributed by atoms with Crippen LogP contribution >= 0.6 is 11.8 Å². The van der Waals surface area contributed by atoms with Crippen LogP contribution < -0.4 is 0 Å². The van der Waals surface area contributed by atoms with Crippen LogP contribution in [0, 0.1) is 11.3 Å². The van der Waals surface area contributed by atoms with Crippen molar-refractivity contribution in [2.45, 2.75) is 15.2 Å². The summed E-state index contributed by atoms with van der Waals surface area (Å²) in [6.07, 6.45) is 0. The van der Waals surface area contributed by atoms with Gasteiger partial charge >= 0.3 is 0 Å². The molecule has 2 aliphatic rings. The fourth-order valence-corrected chi connectivity index (χ4v) is 10.5. The number of aromatic nitrogens is 2. The summed E-state index contributed by atoms with van der Waals surface area (Å²) in [7, 11) is 0. The van der Waals surface area contributed by atoms with Gasteiger partial charge in [0.05, 0.1) is 28.4 Å². The summed E-state index contributed by atoms with van der Waals surface area (Å²) in [6, 6.07) is 69.0. The van der Waals surface area contributed by atoms with E-state index in [0.717, 1.165) is 50.0 Å². The molecule has 56 heavy (non-hydrogen) atoms. The van der Waals surface area contributed by atoms with Gasteiger partial charge in [-0.2, -0.15) is 5.26 Å². The molecule has 0 unspecified atom stereocenters. The number of benzene rings is 8. The Morgan fingerprint density at radius 2 is 0.929 bits per heavy atom. The summed E-state index contributed by atoms with van der Waals surface area (Å²) in [4.78, 5) is 12.9. The first-order chi connectivity index (χ1) is 27.7. The van der Waals surface area contributed by atoms with Gasteiger partial charge in [0.15, 0.2) is 5.82 Å². The predicted octanol–water partition coefficient (Wildman–Crippen LogP) is 13.0. The standard InChI is InChI=1S/C52H31N3S/c53-32-35-29-30-38(37-20-8-7-19-36(35)37)41-23-13-27-45-49(41)56-50-42(48-31-47(33-15-3-1-4-16-33)54-51(55-48)34-17-5-2-6-18-34)24-14-28-46(50)52(45)43-25-11-9-21-39(43)40-22-10-12-26-44(40)52/h1-31H. The van der Waals surface area contributed by atoms with Crippen LogP contribution in [0.3, 0.4) is 0 Å². The first-order valence-electron chi connectivity index (χ1n) is 18.8. The molecule has 1 spiro atoms. The quantitative estimate of drug-likeness (QED) is 0.181. The van der Waals surface area contributed by atoms with Gasteiger partial charge in [0.1, 0.15) is 0 Å². The summed E-state index contributed by atoms with van der Waals surface area (Å²) >= 11 is 1.83. The lowest BCUT2D eigenvalue weighted by Gasteiger charge is -2.41. The van der Waals surface area contributed by atoms with Gasteiger partial charge in [-0.15, -0.1) is 0 Å². The largest absolute Gasteiger partial charge is 0.228 e. The molecule has 0 saturated carbocycles. The van der Waals surface area contributed by atoms with E-state index in [1.807, 2.05) is 48.2 Å². The van der Waals surface area contributed by atoms with Crippen LogP contribution in [0.15, 0.2) is 198 Å². The molecule has 0 amide bonds. The molecular weight excluding hydrogens is 699 g/mol. The smallest absolute Gasteiger partial charge is 0.160 e. The fraction of sp³-hybridized carbons (Fsp3) is 0.0192. The number of nitriles is 1. The predicted molar refractivity (Wildman–Crippen MR) is 227 cm³/mol. The second-order valence-electron chi connectivity index (χ2n) is 14.3. The van der Waals surface area contributed by atoms with Crippen molar-refractivity contribution in [3.8, 4) is 62.2 Å². The Hall–Kier alpha value is -7.06. The minimum Gasteiger partial charge on any atom is -0.228 e. The Balaban J connectivity index is 1.24. The van der Waals surface area contributed by atoms with Crippen molar-refractivity contribution >= 4 is 22.5 Å². The van der Waals surface area contributed by atoms with Crippen LogP contribution in [0.5, 0.6) is 0 Å². The SMILES string of the molecule is N#Cc1ccc(-c2cccc3c2Sc2c(-c4cc(-c5ccccc5)nc(-c5ccccc5)n4)cccc2C32c3ccccc3-c3ccccc32)c2ccccc12. The average molecular weight is 730 g/mol. The lowest BCUT2D eigenvalue weighted by Crippen LogP contribution is -2.32. The van der Waals surface area contributed by atoms with Crippen molar-refractivity contribution < 1.29 is 0 Å². The number of hydrogen-bond acceptors (Lipinski definition) is 4. The second-order valence-corrected chi connectivity index (χ2v) is 15.3. The van der Waals surface area contributed by atoms with Gasteiger partial charge in [-0.3, -0.25) is 0 Å². The van der Waals surface area contributed by atoms with Gasteiger partial charge in [0.25, 0.3) is 0 Å². The monoisotopic (exact) mass is 729 g/mol. The van der Waals surface area contributed by atoms with E-state index in [1.165, 1.54) is 43.2 Å². The van der Waals surface area contributed by atoms with E-state index < -0.39 is 5.41 Å². The summed E-state index contributed by atoms with van der Waals surface area (Å²) in [5.74, 6) is 0.691. The molecule has 4 heteroatoms. The molecule has 0 atom stereocenters. The van der Waals surface area contributed by atoms with E-state index in [2.05, 4.69) is 158 Å². The van der Waals surface area contributed by atoms with Crippen molar-refractivity contribution in [1.29, 1.82) is 5.26 Å². The van der Waals surface area contributed by atoms with Crippen molar-refractivity contribution in [1.82, 2.24) is 9.97 Å². The third kappa shape index (κ3) is 4.72. The third-order valence-electron chi connectivity index (χ3n) is 11.4. The highest BCUT2D eigenvalue weighted by atomic mass is 32.2. The Kier molecular flexibility index (Phi) is 7.38. The van der Waals surface area contributed by atoms with E-state index >= 15 is 0 Å². The van der Waals surface area contributed by atoms with Crippen LogP contribution in [-0.4, -0.2) is 9.97 Å². The van der Waals surface area contributed by atoms with Crippen molar-refractivity contribution in [2.75, 3.05) is 0 Å². The molecule has 1 aliphatic carbocycles. The third-order valence-corrected chi connectivity index (χ3v) is 12.7. The van der Waals surface area contributed by atoms with Gasteiger partial charge in [-0.1, -0.05) is 188 Å². The molecule has 11 rings (SSSR count). The van der Waals surface area contributed by atoms with Gasteiger partial charge in [0, 0.05) is 31.9 Å². The normalized spacial score (nSPS) is 13.1. The molecular formula is C52H31N3S. The van der Waals surface area contributed by atoms with Crippen LogP contribution in [-0.2, 0) is 5.41 Å². The van der Waals surface area contributed by atoms with Gasteiger partial charge in [-0.05, 0) is 62.0 Å². The maximum atomic E-state index is 10.1. The highest BCUT2D eigenvalue weighted by Crippen LogP contribution is 2.64. The maximum absolute atomic E-state index is 10.1. The van der Waals surface area contributed by atoms with Gasteiger partial charge in [0.2, 0.25) is 0 Å². The molecule has 0 saturated heterocycles.